The van der Waals surface area contributed by atoms with Crippen LogP contribution in [0.3, 0.4) is 0 Å². The minimum Gasteiger partial charge on any atom is -0.439 e. The molecule has 27 heavy (non-hydrogen) atoms. The summed E-state index contributed by atoms with van der Waals surface area (Å²) in [7, 11) is 0. The van der Waals surface area contributed by atoms with Gasteiger partial charge in [-0.1, -0.05) is 18.2 Å². The van der Waals surface area contributed by atoms with E-state index >= 15 is 0 Å². The first-order valence-corrected chi connectivity index (χ1v) is 9.01. The number of aromatic nitrogens is 2. The third-order valence-corrected chi connectivity index (χ3v) is 4.76. The molecule has 0 atom stereocenters. The van der Waals surface area contributed by atoms with E-state index in [0.29, 0.717) is 23.9 Å². The molecule has 1 aliphatic heterocycles. The number of fused-ring (bicyclic) bond motifs is 1. The van der Waals surface area contributed by atoms with Crippen LogP contribution >= 0.6 is 0 Å². The first-order chi connectivity index (χ1) is 13.0. The Morgan fingerprint density at radius 1 is 1.15 bits per heavy atom. The molecule has 4 rings (SSSR count). The summed E-state index contributed by atoms with van der Waals surface area (Å²) >= 11 is 0. The van der Waals surface area contributed by atoms with Crippen molar-refractivity contribution in [1.82, 2.24) is 9.55 Å². The van der Waals surface area contributed by atoms with Gasteiger partial charge in [0.05, 0.1) is 5.69 Å². The van der Waals surface area contributed by atoms with E-state index in [2.05, 4.69) is 9.55 Å². The molecule has 0 bridgehead atoms. The van der Waals surface area contributed by atoms with Crippen molar-refractivity contribution in [2.24, 2.45) is 0 Å². The van der Waals surface area contributed by atoms with E-state index in [0.717, 1.165) is 35.6 Å². The van der Waals surface area contributed by atoms with Crippen LogP contribution in [0, 0.1) is 6.92 Å². The van der Waals surface area contributed by atoms with Gasteiger partial charge in [-0.25, -0.2) is 4.98 Å². The second-order valence-corrected chi connectivity index (χ2v) is 6.74. The molecule has 0 fully saturated rings. The van der Waals surface area contributed by atoms with Gasteiger partial charge in [-0.2, -0.15) is 0 Å². The van der Waals surface area contributed by atoms with Crippen molar-refractivity contribution in [3.63, 3.8) is 0 Å². The van der Waals surface area contributed by atoms with E-state index in [1.54, 1.807) is 11.8 Å². The highest BCUT2D eigenvalue weighted by Gasteiger charge is 2.25. The SMILES string of the molecule is CC(=O)N1CCCn2cc(-c3ccc(Oc4cccc(C)n4)cc3)c(N)c21. The summed E-state index contributed by atoms with van der Waals surface area (Å²) in [5.74, 6) is 2.10. The maximum atomic E-state index is 11.9. The van der Waals surface area contributed by atoms with E-state index in [4.69, 9.17) is 10.5 Å². The summed E-state index contributed by atoms with van der Waals surface area (Å²) in [6, 6.07) is 13.4. The van der Waals surface area contributed by atoms with Crippen LogP contribution in [0.5, 0.6) is 11.6 Å². The molecule has 6 heteroatoms. The molecule has 6 nitrogen and oxygen atoms in total. The molecule has 0 saturated carbocycles. The van der Waals surface area contributed by atoms with Crippen molar-refractivity contribution >= 4 is 17.4 Å². The Labute approximate surface area is 158 Å². The van der Waals surface area contributed by atoms with Crippen molar-refractivity contribution in [1.29, 1.82) is 0 Å². The number of rotatable bonds is 3. The van der Waals surface area contributed by atoms with Gasteiger partial charge in [0.1, 0.15) is 11.6 Å². The molecule has 0 aliphatic carbocycles. The van der Waals surface area contributed by atoms with Crippen LogP contribution in [-0.2, 0) is 11.3 Å². The number of benzene rings is 1. The van der Waals surface area contributed by atoms with E-state index in [1.807, 2.05) is 55.6 Å². The van der Waals surface area contributed by atoms with Crippen molar-refractivity contribution in [3.05, 3.63) is 54.4 Å². The molecule has 3 aromatic rings. The second kappa shape index (κ2) is 6.79. The number of nitrogens with zero attached hydrogens (tertiary/aromatic N) is 3. The van der Waals surface area contributed by atoms with Crippen LogP contribution in [0.15, 0.2) is 48.7 Å². The van der Waals surface area contributed by atoms with E-state index < -0.39 is 0 Å². The van der Waals surface area contributed by atoms with E-state index in [-0.39, 0.29) is 5.91 Å². The normalized spacial score (nSPS) is 13.3. The molecule has 2 aromatic heterocycles. The Kier molecular flexibility index (Phi) is 4.32. The molecular formula is C21H22N4O2. The van der Waals surface area contributed by atoms with Gasteiger partial charge in [0, 0.05) is 43.5 Å². The highest BCUT2D eigenvalue weighted by Crippen LogP contribution is 2.39. The fourth-order valence-electron chi connectivity index (χ4n) is 3.47. The number of hydrogen-bond acceptors (Lipinski definition) is 4. The number of amides is 1. The third kappa shape index (κ3) is 3.26. The monoisotopic (exact) mass is 362 g/mol. The largest absolute Gasteiger partial charge is 0.439 e. The number of anilines is 2. The van der Waals surface area contributed by atoms with Gasteiger partial charge in [-0.05, 0) is 37.1 Å². The third-order valence-electron chi connectivity index (χ3n) is 4.76. The first kappa shape index (κ1) is 17.1. The van der Waals surface area contributed by atoms with E-state index in [9.17, 15) is 4.79 Å². The average Bonchev–Trinajstić information content (AvgIpc) is 2.99. The Bertz CT molecular complexity index is 992. The van der Waals surface area contributed by atoms with Crippen LogP contribution in [-0.4, -0.2) is 22.0 Å². The Balaban J connectivity index is 1.62. The topological polar surface area (TPSA) is 73.4 Å². The Morgan fingerprint density at radius 3 is 2.63 bits per heavy atom. The molecule has 0 radical (unpaired) electrons. The molecule has 0 unspecified atom stereocenters. The second-order valence-electron chi connectivity index (χ2n) is 6.74. The van der Waals surface area contributed by atoms with Gasteiger partial charge in [-0.15, -0.1) is 0 Å². The molecule has 1 aliphatic rings. The maximum Gasteiger partial charge on any atom is 0.225 e. The summed E-state index contributed by atoms with van der Waals surface area (Å²) in [5, 5.41) is 0. The summed E-state index contributed by atoms with van der Waals surface area (Å²) in [4.78, 5) is 18.0. The van der Waals surface area contributed by atoms with Crippen molar-refractivity contribution < 1.29 is 9.53 Å². The number of carbonyl (C=O) groups is 1. The number of ether oxygens (including phenoxy) is 1. The standard InChI is InChI=1S/C21H22N4O2/c1-14-5-3-6-19(23-14)27-17-9-7-16(8-10-17)18-13-24-11-4-12-25(15(2)26)21(24)20(18)22/h3,5-10,13H,4,11-12,22H2,1-2H3. The molecule has 1 amide bonds. The van der Waals surface area contributed by atoms with Gasteiger partial charge in [0.15, 0.2) is 0 Å². The molecule has 138 valence electrons. The zero-order chi connectivity index (χ0) is 19.0. The van der Waals surface area contributed by atoms with Crippen LogP contribution in [0.4, 0.5) is 11.5 Å². The van der Waals surface area contributed by atoms with Crippen LogP contribution in [0.2, 0.25) is 0 Å². The lowest BCUT2D eigenvalue weighted by Gasteiger charge is -2.28. The molecule has 0 spiro atoms. The van der Waals surface area contributed by atoms with Crippen LogP contribution < -0.4 is 15.4 Å². The minimum absolute atomic E-state index is 0.0155. The summed E-state index contributed by atoms with van der Waals surface area (Å²) in [6.07, 6.45) is 2.95. The predicted molar refractivity (Wildman–Crippen MR) is 106 cm³/mol. The Hall–Kier alpha value is -3.28. The van der Waals surface area contributed by atoms with Crippen molar-refractivity contribution in [2.45, 2.75) is 26.8 Å². The number of hydrogen-bond donors (Lipinski definition) is 1. The van der Waals surface area contributed by atoms with Gasteiger partial charge < -0.3 is 15.0 Å². The Morgan fingerprint density at radius 2 is 1.93 bits per heavy atom. The highest BCUT2D eigenvalue weighted by atomic mass is 16.5. The van der Waals surface area contributed by atoms with Crippen LogP contribution in [0.25, 0.3) is 11.1 Å². The van der Waals surface area contributed by atoms with Gasteiger partial charge in [0.25, 0.3) is 0 Å². The fraction of sp³-hybridized carbons (Fsp3) is 0.238. The average molecular weight is 362 g/mol. The molecule has 1 aromatic carbocycles. The zero-order valence-corrected chi connectivity index (χ0v) is 15.5. The smallest absolute Gasteiger partial charge is 0.225 e. The van der Waals surface area contributed by atoms with Gasteiger partial charge >= 0.3 is 0 Å². The summed E-state index contributed by atoms with van der Waals surface area (Å²) in [5.41, 5.74) is 9.87. The fourth-order valence-corrected chi connectivity index (χ4v) is 3.47. The predicted octanol–water partition coefficient (Wildman–Crippen LogP) is 3.99. The number of carbonyl (C=O) groups excluding carboxylic acids is 1. The molecule has 2 N–H and O–H groups in total. The number of nitrogen functional groups attached to an aromatic ring is 1. The lowest BCUT2D eigenvalue weighted by molar-refractivity contribution is -0.116. The number of pyridine rings is 1. The molecule has 0 saturated heterocycles. The van der Waals surface area contributed by atoms with E-state index in [1.165, 1.54) is 0 Å². The number of nitrogens with two attached hydrogens (primary N) is 1. The maximum absolute atomic E-state index is 11.9. The minimum atomic E-state index is 0.0155. The van der Waals surface area contributed by atoms with Crippen molar-refractivity contribution in [3.8, 4) is 22.8 Å². The zero-order valence-electron chi connectivity index (χ0n) is 15.5. The quantitative estimate of drug-likeness (QED) is 0.764. The van der Waals surface area contributed by atoms with Gasteiger partial charge in [0.2, 0.25) is 11.8 Å². The summed E-state index contributed by atoms with van der Waals surface area (Å²) < 4.78 is 7.88. The van der Waals surface area contributed by atoms with Gasteiger partial charge in [-0.3, -0.25) is 9.69 Å². The number of aryl methyl sites for hydroxylation is 2. The highest BCUT2D eigenvalue weighted by molar-refractivity contribution is 5.97. The van der Waals surface area contributed by atoms with Crippen LogP contribution in [0.1, 0.15) is 19.0 Å². The first-order valence-electron chi connectivity index (χ1n) is 9.01. The summed E-state index contributed by atoms with van der Waals surface area (Å²) in [6.45, 7) is 5.08. The molecule has 3 heterocycles. The molecular weight excluding hydrogens is 340 g/mol. The van der Waals surface area contributed by atoms with Crippen molar-refractivity contribution in [2.75, 3.05) is 17.2 Å². The lowest BCUT2D eigenvalue weighted by Crippen LogP contribution is -2.35. The lowest BCUT2D eigenvalue weighted by atomic mass is 10.1.